The summed E-state index contributed by atoms with van der Waals surface area (Å²) < 4.78 is 5.14. The fourth-order valence-corrected chi connectivity index (χ4v) is 10.2. The van der Waals surface area contributed by atoms with E-state index < -0.39 is 0 Å². The van der Waals surface area contributed by atoms with Crippen molar-refractivity contribution < 1.29 is 0 Å². The largest absolute Gasteiger partial charge is 0.311 e. The van der Waals surface area contributed by atoms with Gasteiger partial charge >= 0.3 is 0 Å². The maximum atomic E-state index is 2.47. The van der Waals surface area contributed by atoms with E-state index in [-0.39, 0.29) is 0 Å². The summed E-state index contributed by atoms with van der Waals surface area (Å²) in [5.74, 6) is 0. The summed E-state index contributed by atoms with van der Waals surface area (Å²) in [5.41, 5.74) is 14.6. The third-order valence-electron chi connectivity index (χ3n) is 11.5. The Labute approximate surface area is 322 Å². The topological polar surface area (TPSA) is 8.17 Å². The zero-order valence-corrected chi connectivity index (χ0v) is 30.6. The van der Waals surface area contributed by atoms with Gasteiger partial charge in [-0.3, -0.25) is 0 Å². The van der Waals surface area contributed by atoms with Crippen molar-refractivity contribution in [2.24, 2.45) is 0 Å². The Hall–Kier alpha value is -6.94. The van der Waals surface area contributed by atoms with Crippen molar-refractivity contribution in [1.29, 1.82) is 0 Å². The van der Waals surface area contributed by atoms with Gasteiger partial charge in [0.15, 0.2) is 0 Å². The fraction of sp³-hybridized carbons (Fsp3) is 0. The van der Waals surface area contributed by atoms with Crippen LogP contribution in [0.3, 0.4) is 0 Å². The number of hydrogen-bond acceptors (Lipinski definition) is 2. The van der Waals surface area contributed by atoms with Crippen molar-refractivity contribution in [2.45, 2.75) is 0 Å². The van der Waals surface area contributed by atoms with Crippen LogP contribution in [-0.2, 0) is 0 Å². The molecule has 0 amide bonds. The van der Waals surface area contributed by atoms with Crippen molar-refractivity contribution in [3.05, 3.63) is 194 Å². The summed E-state index contributed by atoms with van der Waals surface area (Å²) >= 11 is 1.89. The van der Waals surface area contributed by atoms with Gasteiger partial charge in [0.05, 0.1) is 11.0 Å². The zero-order valence-electron chi connectivity index (χ0n) is 29.8. The lowest BCUT2D eigenvalue weighted by atomic mass is 9.92. The third kappa shape index (κ3) is 4.54. The lowest BCUT2D eigenvalue weighted by molar-refractivity contribution is 1.18. The lowest BCUT2D eigenvalue weighted by Gasteiger charge is -2.25. The standard InChI is InChI=1S/C52H32N2S/c1-3-12-36(13-4-1)53(37-14-5-2-6-15-37)38-26-21-33(22-27-38)34-23-28-39(29-24-34)54-46-19-10-18-42-44-32-49-45(40-16-7-8-20-48(40)55-49)31-43(44)41-17-9-11-35-25-30-47(54)52(50(35)41)51(42)46/h1-32H. The van der Waals surface area contributed by atoms with Crippen LogP contribution in [0.2, 0.25) is 0 Å². The number of thiophene rings is 1. The first kappa shape index (κ1) is 30.5. The molecule has 0 aliphatic heterocycles. The molecule has 0 saturated heterocycles. The first-order valence-corrected chi connectivity index (χ1v) is 19.7. The minimum Gasteiger partial charge on any atom is -0.311 e. The van der Waals surface area contributed by atoms with Gasteiger partial charge in [-0.25, -0.2) is 0 Å². The predicted molar refractivity (Wildman–Crippen MR) is 236 cm³/mol. The van der Waals surface area contributed by atoms with E-state index in [0.717, 1.165) is 22.7 Å². The number of rotatable bonds is 5. The second-order valence-corrected chi connectivity index (χ2v) is 15.6. The summed E-state index contributed by atoms with van der Waals surface area (Å²) in [4.78, 5) is 2.30. The molecule has 0 radical (unpaired) electrons. The van der Waals surface area contributed by atoms with Gasteiger partial charge in [-0.1, -0.05) is 115 Å². The summed E-state index contributed by atoms with van der Waals surface area (Å²) in [7, 11) is 0. The van der Waals surface area contributed by atoms with Crippen LogP contribution >= 0.6 is 11.3 Å². The van der Waals surface area contributed by atoms with Crippen molar-refractivity contribution >= 4 is 81.1 Å². The van der Waals surface area contributed by atoms with Gasteiger partial charge in [-0.05, 0) is 123 Å². The number of benzene rings is 9. The highest BCUT2D eigenvalue weighted by Gasteiger charge is 2.26. The highest BCUT2D eigenvalue weighted by molar-refractivity contribution is 7.25. The molecule has 9 aromatic carbocycles. The van der Waals surface area contributed by atoms with Crippen molar-refractivity contribution in [1.82, 2.24) is 4.57 Å². The van der Waals surface area contributed by atoms with Gasteiger partial charge < -0.3 is 9.47 Å². The minimum atomic E-state index is 1.13. The molecule has 0 N–H and O–H groups in total. The smallest absolute Gasteiger partial charge is 0.0547 e. The first-order chi connectivity index (χ1) is 27.3. The number of anilines is 3. The van der Waals surface area contributed by atoms with Crippen LogP contribution in [0.15, 0.2) is 194 Å². The van der Waals surface area contributed by atoms with Crippen LogP contribution in [-0.4, -0.2) is 4.57 Å². The number of fused-ring (bicyclic) bond motifs is 6. The second kappa shape index (κ2) is 11.8. The Bertz CT molecular complexity index is 3240. The van der Waals surface area contributed by atoms with Gasteiger partial charge in [0.1, 0.15) is 0 Å². The molecular formula is C52H32N2S. The van der Waals surface area contributed by atoms with Crippen LogP contribution in [0.5, 0.6) is 0 Å². The molecule has 0 atom stereocenters. The zero-order chi connectivity index (χ0) is 36.0. The SMILES string of the molecule is c1ccc(N(c2ccccc2)c2ccc(-c3ccc(-n4c5cccc6c5c5c7c(cccc7ccc54)-c4cc5c(cc4-6)sc4ccccc45)cc3)cc2)cc1. The van der Waals surface area contributed by atoms with E-state index >= 15 is 0 Å². The average molecular weight is 717 g/mol. The van der Waals surface area contributed by atoms with Crippen LogP contribution < -0.4 is 4.90 Å². The van der Waals surface area contributed by atoms with E-state index in [0.29, 0.717) is 0 Å². The average Bonchev–Trinajstić information content (AvgIpc) is 3.76. The number of para-hydroxylation sites is 2. The first-order valence-electron chi connectivity index (χ1n) is 18.8. The van der Waals surface area contributed by atoms with E-state index in [9.17, 15) is 0 Å². The van der Waals surface area contributed by atoms with Crippen molar-refractivity contribution in [2.75, 3.05) is 4.90 Å². The Morgan fingerprint density at radius 1 is 0.364 bits per heavy atom. The maximum Gasteiger partial charge on any atom is 0.0547 e. The lowest BCUT2D eigenvalue weighted by Crippen LogP contribution is -2.09. The van der Waals surface area contributed by atoms with E-state index in [1.165, 1.54) is 86.1 Å². The highest BCUT2D eigenvalue weighted by Crippen LogP contribution is 2.51. The predicted octanol–water partition coefficient (Wildman–Crippen LogP) is 15.1. The summed E-state index contributed by atoms with van der Waals surface area (Å²) in [6.45, 7) is 0. The Balaban J connectivity index is 0.996. The van der Waals surface area contributed by atoms with E-state index in [1.54, 1.807) is 0 Å². The molecule has 2 nitrogen and oxygen atoms in total. The Kier molecular flexibility index (Phi) is 6.54. The monoisotopic (exact) mass is 716 g/mol. The maximum absolute atomic E-state index is 2.47. The second-order valence-electron chi connectivity index (χ2n) is 14.5. The number of nitrogens with zero attached hydrogens (tertiary/aromatic N) is 2. The van der Waals surface area contributed by atoms with E-state index in [1.807, 2.05) is 11.3 Å². The molecule has 11 aromatic rings. The molecule has 1 aliphatic carbocycles. The summed E-state index contributed by atoms with van der Waals surface area (Å²) in [6.07, 6.45) is 0. The molecular weight excluding hydrogens is 685 g/mol. The summed E-state index contributed by atoms with van der Waals surface area (Å²) in [5, 5.41) is 7.96. The molecule has 3 heteroatoms. The molecule has 0 bridgehead atoms. The van der Waals surface area contributed by atoms with Crippen molar-refractivity contribution in [3.63, 3.8) is 0 Å². The van der Waals surface area contributed by atoms with Crippen LogP contribution in [0.4, 0.5) is 17.1 Å². The molecule has 55 heavy (non-hydrogen) atoms. The quantitative estimate of drug-likeness (QED) is 0.172. The molecule has 12 rings (SSSR count). The molecule has 0 fully saturated rings. The van der Waals surface area contributed by atoms with Gasteiger partial charge in [0.2, 0.25) is 0 Å². The molecule has 0 spiro atoms. The molecule has 2 aromatic heterocycles. The van der Waals surface area contributed by atoms with E-state index in [4.69, 9.17) is 0 Å². The molecule has 256 valence electrons. The number of aromatic nitrogens is 1. The Morgan fingerprint density at radius 2 is 0.964 bits per heavy atom. The molecule has 0 unspecified atom stereocenters. The van der Waals surface area contributed by atoms with Crippen LogP contribution in [0.25, 0.3) is 91.8 Å². The molecule has 0 saturated carbocycles. The third-order valence-corrected chi connectivity index (χ3v) is 12.6. The van der Waals surface area contributed by atoms with Crippen molar-refractivity contribution in [3.8, 4) is 39.1 Å². The van der Waals surface area contributed by atoms with Crippen LogP contribution in [0.1, 0.15) is 0 Å². The Morgan fingerprint density at radius 3 is 1.71 bits per heavy atom. The minimum absolute atomic E-state index is 1.13. The summed E-state index contributed by atoms with van der Waals surface area (Å²) in [6, 6.07) is 71.2. The van der Waals surface area contributed by atoms with E-state index in [2.05, 4.69) is 204 Å². The van der Waals surface area contributed by atoms with Gasteiger partial charge in [-0.15, -0.1) is 11.3 Å². The van der Waals surface area contributed by atoms with Gasteiger partial charge in [0.25, 0.3) is 0 Å². The highest BCUT2D eigenvalue weighted by atomic mass is 32.1. The molecule has 2 heterocycles. The normalized spacial score (nSPS) is 12.0. The van der Waals surface area contributed by atoms with Gasteiger partial charge in [0, 0.05) is 53.7 Å². The fourth-order valence-electron chi connectivity index (χ4n) is 9.08. The van der Waals surface area contributed by atoms with Gasteiger partial charge in [-0.2, -0.15) is 0 Å². The van der Waals surface area contributed by atoms with Crippen LogP contribution in [0, 0.1) is 0 Å². The number of hydrogen-bond donors (Lipinski definition) is 0. The molecule has 1 aliphatic rings.